The van der Waals surface area contributed by atoms with E-state index in [1.54, 1.807) is 0 Å². The van der Waals surface area contributed by atoms with Crippen molar-refractivity contribution in [1.29, 1.82) is 0 Å². The first kappa shape index (κ1) is 10.8. The lowest BCUT2D eigenvalue weighted by Gasteiger charge is -2.29. The second-order valence-electron chi connectivity index (χ2n) is 3.83. The Bertz CT molecular complexity index is 447. The van der Waals surface area contributed by atoms with Crippen LogP contribution >= 0.6 is 23.4 Å². The summed E-state index contributed by atoms with van der Waals surface area (Å²) in [6.07, 6.45) is 0. The van der Waals surface area contributed by atoms with E-state index in [2.05, 4.69) is 5.32 Å². The highest BCUT2D eigenvalue weighted by Gasteiger charge is 2.34. The van der Waals surface area contributed by atoms with Gasteiger partial charge in [-0.25, -0.2) is 4.39 Å². The molecule has 0 bridgehead atoms. The third-order valence-electron chi connectivity index (χ3n) is 2.18. The highest BCUT2D eigenvalue weighted by atomic mass is 35.5. The molecule has 1 amide bonds. The minimum Gasteiger partial charge on any atom is -0.324 e. The Morgan fingerprint density at radius 1 is 1.47 bits per heavy atom. The Hall–Kier alpha value is -0.740. The van der Waals surface area contributed by atoms with E-state index in [-0.39, 0.29) is 10.9 Å². The van der Waals surface area contributed by atoms with Gasteiger partial charge in [-0.1, -0.05) is 11.6 Å². The van der Waals surface area contributed by atoms with Gasteiger partial charge in [0.15, 0.2) is 0 Å². The summed E-state index contributed by atoms with van der Waals surface area (Å²) in [4.78, 5) is 12.4. The van der Waals surface area contributed by atoms with E-state index >= 15 is 0 Å². The smallest absolute Gasteiger partial charge is 0.240 e. The summed E-state index contributed by atoms with van der Waals surface area (Å²) in [6, 6.07) is 2.79. The molecule has 1 aromatic rings. The van der Waals surface area contributed by atoms with Crippen LogP contribution in [0.3, 0.4) is 0 Å². The van der Waals surface area contributed by atoms with E-state index in [1.807, 2.05) is 13.8 Å². The fourth-order valence-electron chi connectivity index (χ4n) is 1.30. The number of halogens is 2. The largest absolute Gasteiger partial charge is 0.324 e. The predicted molar refractivity (Wildman–Crippen MR) is 60.0 cm³/mol. The van der Waals surface area contributed by atoms with E-state index in [0.29, 0.717) is 5.69 Å². The molecule has 0 fully saturated rings. The highest BCUT2D eigenvalue weighted by molar-refractivity contribution is 8.01. The number of amides is 1. The molecule has 2 nitrogen and oxygen atoms in total. The van der Waals surface area contributed by atoms with Gasteiger partial charge >= 0.3 is 0 Å². The molecule has 0 saturated carbocycles. The molecule has 1 heterocycles. The van der Waals surface area contributed by atoms with Crippen molar-refractivity contribution in [2.75, 3.05) is 5.32 Å². The predicted octanol–water partition coefficient (Wildman–Crippen LogP) is 3.30. The summed E-state index contributed by atoms with van der Waals surface area (Å²) in [5.74, 6) is -0.641. The SMILES string of the molecule is CC1(C)Sc2cc(Cl)c(F)cc2NC1=O. The lowest BCUT2D eigenvalue weighted by molar-refractivity contribution is -0.117. The summed E-state index contributed by atoms with van der Waals surface area (Å²) in [6.45, 7) is 3.63. The highest BCUT2D eigenvalue weighted by Crippen LogP contribution is 2.43. The first-order chi connectivity index (χ1) is 6.90. The zero-order valence-electron chi connectivity index (χ0n) is 8.23. The number of hydrogen-bond acceptors (Lipinski definition) is 2. The van der Waals surface area contributed by atoms with Gasteiger partial charge in [0.2, 0.25) is 5.91 Å². The van der Waals surface area contributed by atoms with E-state index in [4.69, 9.17) is 11.6 Å². The van der Waals surface area contributed by atoms with Crippen molar-refractivity contribution in [2.45, 2.75) is 23.5 Å². The van der Waals surface area contributed by atoms with Crippen LogP contribution in [0.2, 0.25) is 5.02 Å². The number of benzene rings is 1. The van der Waals surface area contributed by atoms with Gasteiger partial charge in [-0.05, 0) is 19.9 Å². The normalized spacial score (nSPS) is 18.3. The molecule has 1 aliphatic rings. The van der Waals surface area contributed by atoms with Crippen LogP contribution in [-0.2, 0) is 4.79 Å². The standard InChI is InChI=1S/C10H9ClFNOS/c1-10(2)9(14)13-7-4-6(12)5(11)3-8(7)15-10/h3-4H,1-2H3,(H,13,14). The van der Waals surface area contributed by atoms with Gasteiger partial charge in [0.1, 0.15) is 5.82 Å². The lowest BCUT2D eigenvalue weighted by atomic mass is 10.1. The van der Waals surface area contributed by atoms with Crippen LogP contribution in [0.15, 0.2) is 17.0 Å². The molecule has 2 rings (SSSR count). The van der Waals surface area contributed by atoms with Gasteiger partial charge in [-0.15, -0.1) is 11.8 Å². The van der Waals surface area contributed by atoms with Crippen molar-refractivity contribution in [3.8, 4) is 0 Å². The number of rotatable bonds is 0. The van der Waals surface area contributed by atoms with Crippen molar-refractivity contribution >= 4 is 35.0 Å². The summed E-state index contributed by atoms with van der Waals surface area (Å²) < 4.78 is 12.6. The van der Waals surface area contributed by atoms with Crippen molar-refractivity contribution in [3.63, 3.8) is 0 Å². The topological polar surface area (TPSA) is 29.1 Å². The average molecular weight is 246 g/mol. The average Bonchev–Trinajstić information content (AvgIpc) is 2.11. The maximum absolute atomic E-state index is 13.1. The van der Waals surface area contributed by atoms with Crippen LogP contribution in [0, 0.1) is 5.82 Å². The number of carbonyl (C=O) groups is 1. The van der Waals surface area contributed by atoms with Gasteiger partial charge in [0.05, 0.1) is 15.5 Å². The van der Waals surface area contributed by atoms with Crippen LogP contribution < -0.4 is 5.32 Å². The van der Waals surface area contributed by atoms with Crippen LogP contribution in [0.25, 0.3) is 0 Å². The van der Waals surface area contributed by atoms with Gasteiger partial charge < -0.3 is 5.32 Å². The monoisotopic (exact) mass is 245 g/mol. The Morgan fingerprint density at radius 2 is 2.13 bits per heavy atom. The second kappa shape index (κ2) is 3.39. The number of anilines is 1. The Balaban J connectivity index is 2.51. The minimum absolute atomic E-state index is 0.0770. The molecule has 0 saturated heterocycles. The number of fused-ring (bicyclic) bond motifs is 1. The van der Waals surface area contributed by atoms with Crippen LogP contribution in [0.4, 0.5) is 10.1 Å². The van der Waals surface area contributed by atoms with Crippen LogP contribution in [-0.4, -0.2) is 10.7 Å². The fraction of sp³-hybridized carbons (Fsp3) is 0.300. The molecular weight excluding hydrogens is 237 g/mol. The maximum atomic E-state index is 13.1. The Labute approximate surface area is 96.2 Å². The molecule has 1 N–H and O–H groups in total. The van der Waals surface area contributed by atoms with Crippen molar-refractivity contribution < 1.29 is 9.18 Å². The van der Waals surface area contributed by atoms with Crippen LogP contribution in [0.5, 0.6) is 0 Å². The van der Waals surface area contributed by atoms with Gasteiger partial charge in [-0.2, -0.15) is 0 Å². The zero-order valence-corrected chi connectivity index (χ0v) is 9.80. The van der Waals surface area contributed by atoms with E-state index < -0.39 is 10.6 Å². The summed E-state index contributed by atoms with van der Waals surface area (Å²) >= 11 is 7.06. The van der Waals surface area contributed by atoms with E-state index in [9.17, 15) is 9.18 Å². The number of carbonyl (C=O) groups excluding carboxylic acids is 1. The molecule has 0 aliphatic carbocycles. The van der Waals surface area contributed by atoms with Crippen molar-refractivity contribution in [1.82, 2.24) is 0 Å². The first-order valence-corrected chi connectivity index (χ1v) is 5.59. The maximum Gasteiger partial charge on any atom is 0.240 e. The van der Waals surface area contributed by atoms with Gasteiger partial charge in [0, 0.05) is 11.0 Å². The van der Waals surface area contributed by atoms with Crippen molar-refractivity contribution in [3.05, 3.63) is 23.0 Å². The number of thioether (sulfide) groups is 1. The molecule has 0 spiro atoms. The number of nitrogens with one attached hydrogen (secondary N) is 1. The molecule has 15 heavy (non-hydrogen) atoms. The summed E-state index contributed by atoms with van der Waals surface area (Å²) in [7, 11) is 0. The Morgan fingerprint density at radius 3 is 2.80 bits per heavy atom. The molecule has 0 radical (unpaired) electrons. The van der Waals surface area contributed by atoms with Gasteiger partial charge in [-0.3, -0.25) is 4.79 Å². The minimum atomic E-state index is -0.547. The van der Waals surface area contributed by atoms with E-state index in [0.717, 1.165) is 4.90 Å². The summed E-state index contributed by atoms with van der Waals surface area (Å²) in [5.41, 5.74) is 0.492. The molecular formula is C10H9ClFNOS. The third kappa shape index (κ3) is 1.84. The lowest BCUT2D eigenvalue weighted by Crippen LogP contribution is -2.37. The molecule has 1 aromatic carbocycles. The molecule has 5 heteroatoms. The van der Waals surface area contributed by atoms with Crippen molar-refractivity contribution in [2.24, 2.45) is 0 Å². The molecule has 80 valence electrons. The summed E-state index contributed by atoms with van der Waals surface area (Å²) in [5, 5.41) is 2.74. The quantitative estimate of drug-likeness (QED) is 0.760. The first-order valence-electron chi connectivity index (χ1n) is 4.40. The second-order valence-corrected chi connectivity index (χ2v) is 5.90. The van der Waals surface area contributed by atoms with E-state index in [1.165, 1.54) is 23.9 Å². The molecule has 0 unspecified atom stereocenters. The number of hydrogen-bond donors (Lipinski definition) is 1. The molecule has 0 atom stereocenters. The zero-order chi connectivity index (χ0) is 11.2. The molecule has 0 aromatic heterocycles. The molecule has 1 aliphatic heterocycles. The fourth-order valence-corrected chi connectivity index (χ4v) is 2.62. The third-order valence-corrected chi connectivity index (χ3v) is 3.73. The Kier molecular flexibility index (Phi) is 2.43. The van der Waals surface area contributed by atoms with Crippen LogP contribution in [0.1, 0.15) is 13.8 Å². The van der Waals surface area contributed by atoms with Gasteiger partial charge in [0.25, 0.3) is 0 Å².